The molecule has 168 valence electrons. The summed E-state index contributed by atoms with van der Waals surface area (Å²) in [5, 5.41) is 3.55. The second-order valence-electron chi connectivity index (χ2n) is 7.65. The molecule has 1 unspecified atom stereocenters. The summed E-state index contributed by atoms with van der Waals surface area (Å²) in [6.07, 6.45) is 0.484. The molecule has 0 bridgehead atoms. The molecular weight excluding hydrogens is 416 g/mol. The number of ether oxygens (including phenoxy) is 2. The van der Waals surface area contributed by atoms with Gasteiger partial charge in [-0.05, 0) is 42.2 Å². The van der Waals surface area contributed by atoms with Crippen LogP contribution in [0.4, 0.5) is 0 Å². The molecule has 2 aromatic carbocycles. The largest absolute Gasteiger partial charge is 0.493 e. The highest BCUT2D eigenvalue weighted by Crippen LogP contribution is 2.26. The van der Waals surface area contributed by atoms with Crippen LogP contribution in [0.15, 0.2) is 48.5 Å². The van der Waals surface area contributed by atoms with Crippen molar-refractivity contribution in [1.82, 2.24) is 10.2 Å². The van der Waals surface area contributed by atoms with Crippen LogP contribution in [0, 0.1) is 5.92 Å². The van der Waals surface area contributed by atoms with E-state index in [4.69, 9.17) is 21.1 Å². The van der Waals surface area contributed by atoms with Gasteiger partial charge >= 0.3 is 0 Å². The predicted octanol–water partition coefficient (Wildman–Crippen LogP) is 4.31. The number of hydrogen-bond donors (Lipinski definition) is 1. The van der Waals surface area contributed by atoms with E-state index in [1.165, 1.54) is 0 Å². The molecule has 0 radical (unpaired) electrons. The van der Waals surface area contributed by atoms with Crippen LogP contribution in [-0.4, -0.2) is 43.0 Å². The van der Waals surface area contributed by atoms with Crippen molar-refractivity contribution in [3.63, 3.8) is 0 Å². The van der Waals surface area contributed by atoms with Gasteiger partial charge in [0.05, 0.1) is 7.11 Å². The van der Waals surface area contributed by atoms with Gasteiger partial charge in [-0.3, -0.25) is 9.59 Å². The summed E-state index contributed by atoms with van der Waals surface area (Å²) in [5.41, 5.74) is 0.880. The molecule has 2 amide bonds. The molecule has 0 aliphatic heterocycles. The second kappa shape index (κ2) is 12.2. The molecule has 0 saturated carbocycles. The van der Waals surface area contributed by atoms with E-state index in [0.29, 0.717) is 35.4 Å². The Labute approximate surface area is 189 Å². The van der Waals surface area contributed by atoms with Crippen molar-refractivity contribution in [3.8, 4) is 11.5 Å². The Morgan fingerprint density at radius 1 is 1.06 bits per heavy atom. The van der Waals surface area contributed by atoms with Gasteiger partial charge in [-0.15, -0.1) is 0 Å². The SMILES string of the molecule is CCC(C(=O)NCC(C)C)N(Cc1ccc(Cl)cc1)C(=O)COc1ccccc1OC. The van der Waals surface area contributed by atoms with E-state index in [9.17, 15) is 9.59 Å². The summed E-state index contributed by atoms with van der Waals surface area (Å²) in [6.45, 7) is 6.57. The molecule has 0 fully saturated rings. The van der Waals surface area contributed by atoms with Crippen LogP contribution in [0.2, 0.25) is 5.02 Å². The Morgan fingerprint density at radius 2 is 1.71 bits per heavy atom. The van der Waals surface area contributed by atoms with Gasteiger partial charge in [0.1, 0.15) is 6.04 Å². The highest BCUT2D eigenvalue weighted by Gasteiger charge is 2.29. The number of rotatable bonds is 11. The second-order valence-corrected chi connectivity index (χ2v) is 8.09. The minimum absolute atomic E-state index is 0.171. The Balaban J connectivity index is 2.20. The first kappa shape index (κ1) is 24.5. The van der Waals surface area contributed by atoms with Gasteiger partial charge in [0.15, 0.2) is 18.1 Å². The first-order chi connectivity index (χ1) is 14.8. The first-order valence-electron chi connectivity index (χ1n) is 10.4. The number of para-hydroxylation sites is 2. The third-order valence-electron chi connectivity index (χ3n) is 4.76. The van der Waals surface area contributed by atoms with Gasteiger partial charge < -0.3 is 19.7 Å². The van der Waals surface area contributed by atoms with Gasteiger partial charge in [0.25, 0.3) is 5.91 Å². The maximum atomic E-state index is 13.2. The van der Waals surface area contributed by atoms with E-state index in [0.717, 1.165) is 5.56 Å². The summed E-state index contributed by atoms with van der Waals surface area (Å²) in [4.78, 5) is 27.6. The molecule has 2 aromatic rings. The van der Waals surface area contributed by atoms with Gasteiger partial charge in [-0.1, -0.05) is 56.6 Å². The molecule has 7 heteroatoms. The lowest BCUT2D eigenvalue weighted by molar-refractivity contribution is -0.143. The van der Waals surface area contributed by atoms with Crippen LogP contribution in [-0.2, 0) is 16.1 Å². The number of carbonyl (C=O) groups is 2. The summed E-state index contributed by atoms with van der Waals surface area (Å²) in [5.74, 6) is 0.877. The minimum atomic E-state index is -0.608. The third-order valence-corrected chi connectivity index (χ3v) is 5.01. The van der Waals surface area contributed by atoms with E-state index in [1.54, 1.807) is 36.3 Å². The summed E-state index contributed by atoms with van der Waals surface area (Å²) in [6, 6.07) is 13.8. The molecule has 6 nitrogen and oxygen atoms in total. The fourth-order valence-electron chi connectivity index (χ4n) is 3.09. The number of benzene rings is 2. The van der Waals surface area contributed by atoms with Gasteiger partial charge in [-0.25, -0.2) is 0 Å². The molecule has 0 spiro atoms. The molecule has 0 aliphatic carbocycles. The maximum Gasteiger partial charge on any atom is 0.261 e. The Bertz CT molecular complexity index is 855. The highest BCUT2D eigenvalue weighted by atomic mass is 35.5. The molecule has 2 rings (SSSR count). The van der Waals surface area contributed by atoms with E-state index in [-0.39, 0.29) is 25.0 Å². The number of methoxy groups -OCH3 is 1. The van der Waals surface area contributed by atoms with Crippen LogP contribution in [0.25, 0.3) is 0 Å². The third kappa shape index (κ3) is 7.47. The summed E-state index contributed by atoms with van der Waals surface area (Å²) in [7, 11) is 1.54. The topological polar surface area (TPSA) is 67.9 Å². The van der Waals surface area contributed by atoms with E-state index >= 15 is 0 Å². The van der Waals surface area contributed by atoms with Crippen LogP contribution in [0.3, 0.4) is 0 Å². The normalized spacial score (nSPS) is 11.7. The lowest BCUT2D eigenvalue weighted by Crippen LogP contribution is -2.50. The van der Waals surface area contributed by atoms with Crippen molar-refractivity contribution in [2.45, 2.75) is 39.8 Å². The number of nitrogens with zero attached hydrogens (tertiary/aromatic N) is 1. The van der Waals surface area contributed by atoms with Crippen LogP contribution >= 0.6 is 11.6 Å². The average molecular weight is 447 g/mol. The first-order valence-corrected chi connectivity index (χ1v) is 10.8. The molecule has 31 heavy (non-hydrogen) atoms. The standard InChI is InChI=1S/C24H31ClN2O4/c1-5-20(24(29)26-14-17(2)3)27(15-18-10-12-19(25)13-11-18)23(28)16-31-22-9-7-6-8-21(22)30-4/h6-13,17,20H,5,14-16H2,1-4H3,(H,26,29). The van der Waals surface area contributed by atoms with Crippen molar-refractivity contribution in [3.05, 3.63) is 59.1 Å². The minimum Gasteiger partial charge on any atom is -0.493 e. The Morgan fingerprint density at radius 3 is 2.29 bits per heavy atom. The Hall–Kier alpha value is -2.73. The van der Waals surface area contributed by atoms with Crippen LogP contribution in [0.1, 0.15) is 32.8 Å². The lowest BCUT2D eigenvalue weighted by Gasteiger charge is -2.31. The zero-order valence-corrected chi connectivity index (χ0v) is 19.3. The van der Waals surface area contributed by atoms with Crippen molar-refractivity contribution >= 4 is 23.4 Å². The number of halogens is 1. The maximum absolute atomic E-state index is 13.2. The zero-order valence-electron chi connectivity index (χ0n) is 18.6. The smallest absolute Gasteiger partial charge is 0.261 e. The molecule has 0 aliphatic rings. The van der Waals surface area contributed by atoms with Gasteiger partial charge in [-0.2, -0.15) is 0 Å². The van der Waals surface area contributed by atoms with E-state index < -0.39 is 6.04 Å². The van der Waals surface area contributed by atoms with Crippen LogP contribution < -0.4 is 14.8 Å². The molecular formula is C24H31ClN2O4. The predicted molar refractivity (Wildman–Crippen MR) is 122 cm³/mol. The number of carbonyl (C=O) groups excluding carboxylic acids is 2. The zero-order chi connectivity index (χ0) is 22.8. The van der Waals surface area contributed by atoms with Crippen molar-refractivity contribution in [2.24, 2.45) is 5.92 Å². The molecule has 0 saturated heterocycles. The van der Waals surface area contributed by atoms with Crippen LogP contribution in [0.5, 0.6) is 11.5 Å². The van der Waals surface area contributed by atoms with Gasteiger partial charge in [0.2, 0.25) is 5.91 Å². The molecule has 1 N–H and O–H groups in total. The quantitative estimate of drug-likeness (QED) is 0.558. The fraction of sp³-hybridized carbons (Fsp3) is 0.417. The van der Waals surface area contributed by atoms with Crippen molar-refractivity contribution in [1.29, 1.82) is 0 Å². The lowest BCUT2D eigenvalue weighted by atomic mass is 10.1. The summed E-state index contributed by atoms with van der Waals surface area (Å²) < 4.78 is 11.0. The fourth-order valence-corrected chi connectivity index (χ4v) is 3.21. The van der Waals surface area contributed by atoms with E-state index in [2.05, 4.69) is 5.32 Å². The number of hydrogen-bond acceptors (Lipinski definition) is 4. The molecule has 0 heterocycles. The number of nitrogens with one attached hydrogen (secondary N) is 1. The highest BCUT2D eigenvalue weighted by molar-refractivity contribution is 6.30. The monoisotopic (exact) mass is 446 g/mol. The molecule has 0 aromatic heterocycles. The Kier molecular flexibility index (Phi) is 9.66. The van der Waals surface area contributed by atoms with Gasteiger partial charge in [0, 0.05) is 18.1 Å². The van der Waals surface area contributed by atoms with Crippen molar-refractivity contribution < 1.29 is 19.1 Å². The average Bonchev–Trinajstić information content (AvgIpc) is 2.77. The van der Waals surface area contributed by atoms with E-state index in [1.807, 2.05) is 45.0 Å². The van der Waals surface area contributed by atoms with Crippen molar-refractivity contribution in [2.75, 3.05) is 20.3 Å². The molecule has 1 atom stereocenters. The number of amides is 2. The summed E-state index contributed by atoms with van der Waals surface area (Å²) >= 11 is 5.99.